The van der Waals surface area contributed by atoms with Crippen molar-refractivity contribution in [2.24, 2.45) is 4.99 Å². The van der Waals surface area contributed by atoms with E-state index in [0.29, 0.717) is 6.42 Å². The highest BCUT2D eigenvalue weighted by Gasteiger charge is 2.32. The molecule has 4 nitrogen and oxygen atoms in total. The van der Waals surface area contributed by atoms with Gasteiger partial charge in [-0.25, -0.2) is 4.99 Å². The van der Waals surface area contributed by atoms with Crippen molar-refractivity contribution in [1.82, 2.24) is 5.32 Å². The molecule has 0 aromatic rings. The zero-order valence-corrected chi connectivity index (χ0v) is 31.4. The molecule has 0 aromatic heterocycles. The minimum absolute atomic E-state index is 0.232. The Hall–Kier alpha value is -1.42. The molecule has 1 rings (SSSR count). The lowest BCUT2D eigenvalue weighted by Gasteiger charge is -2.30. The third-order valence-corrected chi connectivity index (χ3v) is 10.0. The summed E-state index contributed by atoms with van der Waals surface area (Å²) >= 11 is 0. The summed E-state index contributed by atoms with van der Waals surface area (Å²) in [5.74, 6) is 1.59. The first-order valence-electron chi connectivity index (χ1n) is 20.6. The first-order chi connectivity index (χ1) is 22.6. The minimum Gasteiger partial charge on any atom is -0.350 e. The fraction of sp³-hybridized carbons (Fsp3) is 0.857. The molecule has 0 bridgehead atoms. The molecule has 1 unspecified atom stereocenters. The van der Waals surface area contributed by atoms with E-state index >= 15 is 0 Å². The number of allylic oxidation sites excluding steroid dienone is 4. The maximum atomic E-state index is 12.4. The van der Waals surface area contributed by atoms with E-state index in [9.17, 15) is 4.79 Å². The number of hydrogen-bond acceptors (Lipinski definition) is 2. The summed E-state index contributed by atoms with van der Waals surface area (Å²) < 4.78 is 0.929. The first-order valence-corrected chi connectivity index (χ1v) is 20.6. The van der Waals surface area contributed by atoms with Crippen LogP contribution in [0.1, 0.15) is 200 Å². The average Bonchev–Trinajstić information content (AvgIpc) is 3.42. The van der Waals surface area contributed by atoms with E-state index in [4.69, 9.17) is 4.99 Å². The van der Waals surface area contributed by atoms with Gasteiger partial charge in [-0.15, -0.1) is 0 Å². The average molecular weight is 643 g/mol. The number of rotatable bonds is 34. The van der Waals surface area contributed by atoms with Crippen molar-refractivity contribution in [3.63, 3.8) is 0 Å². The largest absolute Gasteiger partial charge is 0.350 e. The molecule has 0 aromatic carbocycles. The van der Waals surface area contributed by atoms with Crippen LogP contribution in [0, 0.1) is 0 Å². The van der Waals surface area contributed by atoms with Crippen molar-refractivity contribution < 1.29 is 9.28 Å². The molecule has 0 fully saturated rings. The molecule has 0 saturated carbocycles. The third-order valence-electron chi connectivity index (χ3n) is 10.0. The van der Waals surface area contributed by atoms with Gasteiger partial charge in [-0.05, 0) is 64.2 Å². The fourth-order valence-electron chi connectivity index (χ4n) is 6.71. The van der Waals surface area contributed by atoms with Gasteiger partial charge in [0.25, 0.3) is 0 Å². The molecule has 0 saturated heterocycles. The highest BCUT2D eigenvalue weighted by Crippen LogP contribution is 2.18. The van der Waals surface area contributed by atoms with E-state index in [1.54, 1.807) is 0 Å². The van der Waals surface area contributed by atoms with Gasteiger partial charge in [0.2, 0.25) is 5.91 Å². The van der Waals surface area contributed by atoms with Crippen LogP contribution in [0.2, 0.25) is 0 Å². The van der Waals surface area contributed by atoms with E-state index in [-0.39, 0.29) is 5.91 Å². The van der Waals surface area contributed by atoms with Crippen LogP contribution >= 0.6 is 0 Å². The standard InChI is InChI=1S/C42H79N3O/c1-4-6-8-10-12-14-16-18-20-22-23-25-27-29-31-33-35-41-43-37-39-45(41,3)40-38-44-42(46)36-34-32-30-28-26-24-21-19-17-15-13-11-9-7-5-2/h18-21H,4-17,22-40H2,1-3H3/p+1/b20-18-,21-19-. The van der Waals surface area contributed by atoms with Gasteiger partial charge in [-0.2, -0.15) is 0 Å². The van der Waals surface area contributed by atoms with E-state index in [2.05, 4.69) is 50.5 Å². The summed E-state index contributed by atoms with van der Waals surface area (Å²) in [7, 11) is 2.32. The van der Waals surface area contributed by atoms with Gasteiger partial charge in [0, 0.05) is 12.8 Å². The SMILES string of the molecule is CCCCCCCC/C=C\CCCCCCCCC1=NCC[N+]1(C)CCNC(=O)CCCCCCC/C=C\CCCCCCCC. The summed E-state index contributed by atoms with van der Waals surface area (Å²) in [6, 6.07) is 0. The lowest BCUT2D eigenvalue weighted by Crippen LogP contribution is -2.51. The predicted octanol–water partition coefficient (Wildman–Crippen LogP) is 12.4. The number of likely N-dealkylation sites (N-methyl/N-ethyl adjacent to an activating group) is 1. The van der Waals surface area contributed by atoms with Gasteiger partial charge < -0.3 is 5.32 Å². The number of nitrogens with one attached hydrogen (secondary N) is 1. The summed E-state index contributed by atoms with van der Waals surface area (Å²) in [6.45, 7) is 8.35. The lowest BCUT2D eigenvalue weighted by molar-refractivity contribution is -0.814. The molecule has 46 heavy (non-hydrogen) atoms. The zero-order chi connectivity index (χ0) is 33.2. The van der Waals surface area contributed by atoms with Gasteiger partial charge in [-0.1, -0.05) is 147 Å². The summed E-state index contributed by atoms with van der Waals surface area (Å²) in [6.07, 6.45) is 47.1. The van der Waals surface area contributed by atoms with Crippen molar-refractivity contribution in [3.8, 4) is 0 Å². The first kappa shape index (κ1) is 42.6. The number of quaternary nitrogens is 1. The van der Waals surface area contributed by atoms with Crippen molar-refractivity contribution >= 4 is 11.7 Å². The topological polar surface area (TPSA) is 41.5 Å². The Balaban J connectivity index is 1.94. The maximum Gasteiger partial charge on any atom is 0.220 e. The Morgan fingerprint density at radius 3 is 1.50 bits per heavy atom. The van der Waals surface area contributed by atoms with Gasteiger partial charge in [0.1, 0.15) is 13.1 Å². The molecular formula is C42H80N3O+. The van der Waals surface area contributed by atoms with Crippen LogP contribution in [-0.4, -0.2) is 49.5 Å². The third kappa shape index (κ3) is 25.6. The molecule has 1 atom stereocenters. The summed E-state index contributed by atoms with van der Waals surface area (Å²) in [5, 5.41) is 3.21. The van der Waals surface area contributed by atoms with Crippen LogP contribution in [0.5, 0.6) is 0 Å². The number of amides is 1. The van der Waals surface area contributed by atoms with Crippen LogP contribution in [-0.2, 0) is 4.79 Å². The molecule has 268 valence electrons. The Labute approximate surface area is 288 Å². The number of carbonyl (C=O) groups excluding carboxylic acids is 1. The van der Waals surface area contributed by atoms with E-state index in [1.165, 1.54) is 173 Å². The van der Waals surface area contributed by atoms with Crippen LogP contribution in [0.3, 0.4) is 0 Å². The van der Waals surface area contributed by atoms with Crippen molar-refractivity contribution in [2.75, 3.05) is 33.2 Å². The second kappa shape index (κ2) is 32.1. The van der Waals surface area contributed by atoms with E-state index in [0.717, 1.165) is 43.5 Å². The number of amidine groups is 1. The lowest BCUT2D eigenvalue weighted by atomic mass is 10.1. The summed E-state index contributed by atoms with van der Waals surface area (Å²) in [5.41, 5.74) is 0. The molecule has 4 heteroatoms. The Morgan fingerprint density at radius 1 is 0.609 bits per heavy atom. The maximum absolute atomic E-state index is 12.4. The minimum atomic E-state index is 0.232. The molecule has 0 aliphatic carbocycles. The molecule has 0 spiro atoms. The zero-order valence-electron chi connectivity index (χ0n) is 31.4. The van der Waals surface area contributed by atoms with Crippen molar-refractivity contribution in [3.05, 3.63) is 24.3 Å². The Bertz CT molecular complexity index is 773. The quantitative estimate of drug-likeness (QED) is 0.0423. The second-order valence-electron chi connectivity index (χ2n) is 14.5. The number of unbranched alkanes of at least 4 members (excludes halogenated alkanes) is 23. The smallest absolute Gasteiger partial charge is 0.220 e. The number of nitrogens with zero attached hydrogens (tertiary/aromatic N) is 2. The van der Waals surface area contributed by atoms with Crippen molar-refractivity contribution in [1.29, 1.82) is 0 Å². The molecule has 1 heterocycles. The highest BCUT2D eigenvalue weighted by molar-refractivity contribution is 5.77. The second-order valence-corrected chi connectivity index (χ2v) is 14.5. The van der Waals surface area contributed by atoms with Crippen LogP contribution in [0.25, 0.3) is 0 Å². The normalized spacial score (nSPS) is 16.6. The predicted molar refractivity (Wildman–Crippen MR) is 205 cm³/mol. The molecule has 1 N–H and O–H groups in total. The highest BCUT2D eigenvalue weighted by atomic mass is 16.1. The molecular weight excluding hydrogens is 562 g/mol. The van der Waals surface area contributed by atoms with Gasteiger partial charge in [-0.3, -0.25) is 9.28 Å². The van der Waals surface area contributed by atoms with E-state index < -0.39 is 0 Å². The van der Waals surface area contributed by atoms with Gasteiger partial charge in [0.05, 0.1) is 20.1 Å². The van der Waals surface area contributed by atoms with Crippen LogP contribution < -0.4 is 5.32 Å². The molecule has 1 amide bonds. The van der Waals surface area contributed by atoms with E-state index in [1.807, 2.05) is 0 Å². The van der Waals surface area contributed by atoms with Crippen LogP contribution in [0.15, 0.2) is 29.3 Å². The van der Waals surface area contributed by atoms with Crippen LogP contribution in [0.4, 0.5) is 0 Å². The summed E-state index contributed by atoms with van der Waals surface area (Å²) in [4.78, 5) is 17.3. The number of hydrogen-bond donors (Lipinski definition) is 1. The Morgan fingerprint density at radius 2 is 1.02 bits per heavy atom. The molecule has 0 radical (unpaired) electrons. The number of aliphatic imine (C=N–C) groups is 1. The fourth-order valence-corrected chi connectivity index (χ4v) is 6.71. The monoisotopic (exact) mass is 643 g/mol. The van der Waals surface area contributed by atoms with Gasteiger partial charge >= 0.3 is 0 Å². The number of carbonyl (C=O) groups is 1. The van der Waals surface area contributed by atoms with Crippen molar-refractivity contribution in [2.45, 2.75) is 200 Å². The molecule has 1 aliphatic heterocycles. The van der Waals surface area contributed by atoms with Gasteiger partial charge in [0.15, 0.2) is 5.84 Å². The molecule has 1 aliphatic rings. The Kier molecular flexibility index (Phi) is 29.8.